The summed E-state index contributed by atoms with van der Waals surface area (Å²) in [5.74, 6) is 0.789. The number of aromatic nitrogens is 4. The fraction of sp³-hybridized carbons (Fsp3) is 0.500. The summed E-state index contributed by atoms with van der Waals surface area (Å²) >= 11 is 0. The number of nitrogens with one attached hydrogen (secondary N) is 1. The van der Waals surface area contributed by atoms with E-state index < -0.39 is 5.60 Å². The first-order valence-electron chi connectivity index (χ1n) is 11.3. The lowest BCUT2D eigenvalue weighted by atomic mass is 10.1. The van der Waals surface area contributed by atoms with Crippen LogP contribution in [0, 0.1) is 0 Å². The van der Waals surface area contributed by atoms with E-state index >= 15 is 0 Å². The molecule has 3 aromatic rings. The topological polar surface area (TPSA) is 84.6 Å². The highest BCUT2D eigenvalue weighted by Crippen LogP contribution is 2.46. The predicted octanol–water partition coefficient (Wildman–Crippen LogP) is 4.26. The molecule has 1 aliphatic carbocycles. The minimum absolute atomic E-state index is 0.137. The molecule has 2 fully saturated rings. The molecule has 2 aliphatic rings. The Labute approximate surface area is 188 Å². The van der Waals surface area contributed by atoms with Crippen LogP contribution in [0.25, 0.3) is 17.0 Å². The van der Waals surface area contributed by atoms with Crippen LogP contribution in [0.3, 0.4) is 0 Å². The number of imidazole rings is 1. The maximum Gasteiger partial charge on any atom is 0.410 e. The van der Waals surface area contributed by atoms with Crippen LogP contribution < -0.4 is 5.32 Å². The number of amides is 1. The van der Waals surface area contributed by atoms with E-state index in [0.29, 0.717) is 13.1 Å². The third-order valence-corrected chi connectivity index (χ3v) is 6.22. The molecule has 1 saturated carbocycles. The molecule has 3 aromatic heterocycles. The summed E-state index contributed by atoms with van der Waals surface area (Å²) in [7, 11) is 0. The molecule has 5 rings (SSSR count). The molecule has 1 N–H and O–H groups in total. The molecule has 0 spiro atoms. The molecule has 0 radical (unpaired) electrons. The number of anilines is 1. The Morgan fingerprint density at radius 2 is 2.03 bits per heavy atom. The maximum absolute atomic E-state index is 12.3. The molecule has 4 heterocycles. The van der Waals surface area contributed by atoms with Crippen LogP contribution in [0.5, 0.6) is 0 Å². The zero-order chi connectivity index (χ0) is 22.5. The summed E-state index contributed by atoms with van der Waals surface area (Å²) in [6.07, 6.45) is 8.74. The number of likely N-dealkylation sites (tertiary alicyclic amines) is 1. The van der Waals surface area contributed by atoms with Crippen LogP contribution in [0.1, 0.15) is 52.7 Å². The Kier molecular flexibility index (Phi) is 4.83. The van der Waals surface area contributed by atoms with E-state index in [0.717, 1.165) is 35.0 Å². The van der Waals surface area contributed by atoms with Crippen molar-refractivity contribution in [2.45, 2.75) is 64.0 Å². The third-order valence-electron chi connectivity index (χ3n) is 6.22. The highest BCUT2D eigenvalue weighted by molar-refractivity contribution is 5.69. The minimum atomic E-state index is -0.487. The van der Waals surface area contributed by atoms with Crippen LogP contribution in [-0.4, -0.2) is 55.1 Å². The summed E-state index contributed by atoms with van der Waals surface area (Å²) < 4.78 is 7.58. The van der Waals surface area contributed by atoms with Crippen LogP contribution in [0.2, 0.25) is 0 Å². The zero-order valence-corrected chi connectivity index (χ0v) is 19.1. The number of fused-ring (bicyclic) bond motifs is 1. The summed E-state index contributed by atoms with van der Waals surface area (Å²) in [6, 6.07) is 6.09. The van der Waals surface area contributed by atoms with Crippen LogP contribution in [0.4, 0.5) is 10.6 Å². The van der Waals surface area contributed by atoms with Crippen LogP contribution in [0.15, 0.2) is 36.8 Å². The first kappa shape index (κ1) is 20.7. The average molecular weight is 435 g/mol. The molecular formula is C24H30N6O2. The summed E-state index contributed by atoms with van der Waals surface area (Å²) in [4.78, 5) is 28.1. The van der Waals surface area contributed by atoms with Gasteiger partial charge in [0.25, 0.3) is 0 Å². The first-order chi connectivity index (χ1) is 15.2. The lowest BCUT2D eigenvalue weighted by molar-refractivity contribution is 0.0293. The smallest absolute Gasteiger partial charge is 0.410 e. The standard InChI is InChI=1S/C24H30N6O2/c1-23(2,3)32-22(31)29-11-8-16(14-29)27-20-7-5-6-17(28-20)18-12-26-21-13-25-19(15-30(18)21)24(4)9-10-24/h5-7,12-13,15-16H,8-11,14H2,1-4H3,(H,27,28). The van der Waals surface area contributed by atoms with Gasteiger partial charge in [0.1, 0.15) is 11.4 Å². The fourth-order valence-corrected chi connectivity index (χ4v) is 4.07. The predicted molar refractivity (Wildman–Crippen MR) is 123 cm³/mol. The normalized spacial score (nSPS) is 19.9. The largest absolute Gasteiger partial charge is 0.444 e. The molecule has 168 valence electrons. The molecule has 0 aromatic carbocycles. The van der Waals surface area contributed by atoms with E-state index in [2.05, 4.69) is 32.8 Å². The van der Waals surface area contributed by atoms with Crippen molar-refractivity contribution in [1.82, 2.24) is 24.3 Å². The van der Waals surface area contributed by atoms with Crippen molar-refractivity contribution in [3.63, 3.8) is 0 Å². The number of rotatable bonds is 4. The second-order valence-corrected chi connectivity index (χ2v) is 10.2. The van der Waals surface area contributed by atoms with Gasteiger partial charge in [-0.3, -0.25) is 9.38 Å². The Hall–Kier alpha value is -3.16. The number of carbonyl (C=O) groups is 1. The highest BCUT2D eigenvalue weighted by Gasteiger charge is 2.40. The monoisotopic (exact) mass is 434 g/mol. The Morgan fingerprint density at radius 1 is 1.22 bits per heavy atom. The van der Waals surface area contributed by atoms with Gasteiger partial charge < -0.3 is 15.0 Å². The van der Waals surface area contributed by atoms with Crippen LogP contribution >= 0.6 is 0 Å². The van der Waals surface area contributed by atoms with Gasteiger partial charge in [-0.2, -0.15) is 0 Å². The molecule has 1 saturated heterocycles. The zero-order valence-electron chi connectivity index (χ0n) is 19.1. The number of hydrogen-bond donors (Lipinski definition) is 1. The lowest BCUT2D eigenvalue weighted by Gasteiger charge is -2.24. The number of ether oxygens (including phenoxy) is 1. The van der Waals surface area contributed by atoms with Gasteiger partial charge in [-0.1, -0.05) is 13.0 Å². The Bertz CT molecular complexity index is 1160. The van der Waals surface area contributed by atoms with E-state index in [4.69, 9.17) is 9.72 Å². The van der Waals surface area contributed by atoms with Crippen molar-refractivity contribution in [2.24, 2.45) is 0 Å². The number of hydrogen-bond acceptors (Lipinski definition) is 6. The van der Waals surface area contributed by atoms with Crippen molar-refractivity contribution >= 4 is 17.6 Å². The van der Waals surface area contributed by atoms with Gasteiger partial charge in [0.15, 0.2) is 5.65 Å². The van der Waals surface area contributed by atoms with Gasteiger partial charge >= 0.3 is 6.09 Å². The second kappa shape index (κ2) is 7.46. The van der Waals surface area contributed by atoms with Crippen molar-refractivity contribution in [3.8, 4) is 11.4 Å². The van der Waals surface area contributed by atoms with E-state index in [1.807, 2.05) is 51.4 Å². The van der Waals surface area contributed by atoms with Gasteiger partial charge in [0, 0.05) is 30.7 Å². The Balaban J connectivity index is 1.32. The highest BCUT2D eigenvalue weighted by atomic mass is 16.6. The van der Waals surface area contributed by atoms with Gasteiger partial charge in [-0.25, -0.2) is 14.8 Å². The maximum atomic E-state index is 12.3. The van der Waals surface area contributed by atoms with Gasteiger partial charge in [0.05, 0.1) is 29.5 Å². The Morgan fingerprint density at radius 3 is 2.78 bits per heavy atom. The minimum Gasteiger partial charge on any atom is -0.444 e. The molecule has 8 heteroatoms. The molecule has 1 aliphatic heterocycles. The summed E-state index contributed by atoms with van der Waals surface area (Å²) in [6.45, 7) is 9.18. The van der Waals surface area contributed by atoms with Gasteiger partial charge in [-0.15, -0.1) is 0 Å². The molecule has 1 amide bonds. The fourth-order valence-electron chi connectivity index (χ4n) is 4.07. The van der Waals surface area contributed by atoms with Crippen molar-refractivity contribution in [3.05, 3.63) is 42.5 Å². The van der Waals surface area contributed by atoms with E-state index in [1.54, 1.807) is 4.90 Å². The van der Waals surface area contributed by atoms with Crippen LogP contribution in [-0.2, 0) is 10.2 Å². The molecule has 1 atom stereocenters. The SMILES string of the molecule is CC(C)(C)OC(=O)N1CCC(Nc2cccc(-c3cnc4cnc(C5(C)CC5)cn34)n2)C1. The quantitative estimate of drug-likeness (QED) is 0.660. The van der Waals surface area contributed by atoms with E-state index in [-0.39, 0.29) is 17.6 Å². The molecule has 8 nitrogen and oxygen atoms in total. The van der Waals surface area contributed by atoms with E-state index in [1.165, 1.54) is 12.8 Å². The third kappa shape index (κ3) is 4.13. The number of carbonyl (C=O) groups excluding carboxylic acids is 1. The summed E-state index contributed by atoms with van der Waals surface area (Å²) in [5.41, 5.74) is 3.41. The van der Waals surface area contributed by atoms with Crippen molar-refractivity contribution < 1.29 is 9.53 Å². The van der Waals surface area contributed by atoms with E-state index in [9.17, 15) is 4.79 Å². The van der Waals surface area contributed by atoms with Gasteiger partial charge in [0.2, 0.25) is 0 Å². The van der Waals surface area contributed by atoms with Crippen molar-refractivity contribution in [1.29, 1.82) is 0 Å². The lowest BCUT2D eigenvalue weighted by Crippen LogP contribution is -2.36. The molecule has 32 heavy (non-hydrogen) atoms. The second-order valence-electron chi connectivity index (χ2n) is 10.2. The first-order valence-corrected chi connectivity index (χ1v) is 11.3. The summed E-state index contributed by atoms with van der Waals surface area (Å²) in [5, 5.41) is 3.48. The molecular weight excluding hydrogens is 404 g/mol. The van der Waals surface area contributed by atoms with Gasteiger partial charge in [-0.05, 0) is 52.2 Å². The number of pyridine rings is 1. The molecule has 1 unspecified atom stereocenters. The van der Waals surface area contributed by atoms with Crippen molar-refractivity contribution in [2.75, 3.05) is 18.4 Å². The average Bonchev–Trinajstić information content (AvgIpc) is 3.14. The number of nitrogens with zero attached hydrogens (tertiary/aromatic N) is 5. The molecule has 0 bridgehead atoms.